The molecule has 108 valence electrons. The molecular formula is C19H16N2S. The highest BCUT2D eigenvalue weighted by atomic mass is 32.1. The van der Waals surface area contributed by atoms with Crippen molar-refractivity contribution in [3.8, 4) is 11.1 Å². The van der Waals surface area contributed by atoms with E-state index in [0.717, 1.165) is 12.1 Å². The van der Waals surface area contributed by atoms with E-state index >= 15 is 0 Å². The smallest absolute Gasteiger partial charge is 0.0838 e. The summed E-state index contributed by atoms with van der Waals surface area (Å²) in [5, 5.41) is 6.63. The molecule has 0 spiro atoms. The molecule has 1 aliphatic rings. The quantitative estimate of drug-likeness (QED) is 0.734. The molecule has 0 saturated carbocycles. The Morgan fingerprint density at radius 3 is 2.27 bits per heavy atom. The number of rotatable bonds is 3. The van der Waals surface area contributed by atoms with Crippen molar-refractivity contribution in [3.63, 3.8) is 0 Å². The summed E-state index contributed by atoms with van der Waals surface area (Å²) >= 11 is 1.78. The second kappa shape index (κ2) is 5.78. The van der Waals surface area contributed by atoms with Gasteiger partial charge in [0.05, 0.1) is 11.8 Å². The Hall–Kier alpha value is -2.39. The van der Waals surface area contributed by atoms with Gasteiger partial charge in [-0.3, -0.25) is 0 Å². The Bertz CT molecular complexity index is 774. The summed E-state index contributed by atoms with van der Waals surface area (Å²) in [6, 6.07) is 23.7. The van der Waals surface area contributed by atoms with Crippen molar-refractivity contribution in [2.75, 3.05) is 0 Å². The summed E-state index contributed by atoms with van der Waals surface area (Å²) < 4.78 is 0. The van der Waals surface area contributed by atoms with Crippen LogP contribution in [0.5, 0.6) is 0 Å². The topological polar surface area (TPSA) is 24.4 Å². The molecule has 0 fully saturated rings. The third-order valence-corrected chi connectivity index (χ3v) is 4.95. The van der Waals surface area contributed by atoms with Gasteiger partial charge in [0.2, 0.25) is 0 Å². The zero-order chi connectivity index (χ0) is 14.8. The first-order valence-corrected chi connectivity index (χ1v) is 8.29. The van der Waals surface area contributed by atoms with Crippen LogP contribution in [0.25, 0.3) is 11.1 Å². The van der Waals surface area contributed by atoms with Crippen molar-refractivity contribution in [1.82, 2.24) is 5.43 Å². The highest BCUT2D eigenvalue weighted by Gasteiger charge is 2.21. The largest absolute Gasteiger partial charge is 0.301 e. The van der Waals surface area contributed by atoms with Gasteiger partial charge in [-0.1, -0.05) is 60.7 Å². The van der Waals surface area contributed by atoms with Crippen LogP contribution in [0.15, 0.2) is 77.2 Å². The molecule has 0 bridgehead atoms. The van der Waals surface area contributed by atoms with Crippen LogP contribution < -0.4 is 5.43 Å². The average Bonchev–Trinajstić information content (AvgIpc) is 3.27. The van der Waals surface area contributed by atoms with Crippen molar-refractivity contribution >= 4 is 17.0 Å². The first-order valence-electron chi connectivity index (χ1n) is 7.41. The summed E-state index contributed by atoms with van der Waals surface area (Å²) in [6.45, 7) is 0. The normalized spacial score (nSPS) is 17.1. The van der Waals surface area contributed by atoms with Gasteiger partial charge in [-0.25, -0.2) is 0 Å². The lowest BCUT2D eigenvalue weighted by Gasteiger charge is -2.07. The third-order valence-electron chi connectivity index (χ3n) is 3.96. The van der Waals surface area contributed by atoms with Crippen LogP contribution in [0.1, 0.15) is 22.9 Å². The molecule has 2 heterocycles. The van der Waals surface area contributed by atoms with Crippen LogP contribution in [0.4, 0.5) is 0 Å². The first-order chi connectivity index (χ1) is 10.9. The van der Waals surface area contributed by atoms with Crippen LogP contribution in [-0.2, 0) is 0 Å². The molecule has 0 amide bonds. The summed E-state index contributed by atoms with van der Waals surface area (Å²) in [6.07, 6.45) is 0.950. The van der Waals surface area contributed by atoms with Crippen molar-refractivity contribution in [2.45, 2.75) is 12.5 Å². The number of thiophene rings is 1. The maximum atomic E-state index is 4.52. The summed E-state index contributed by atoms with van der Waals surface area (Å²) in [7, 11) is 0. The van der Waals surface area contributed by atoms with Crippen LogP contribution >= 0.6 is 11.3 Å². The van der Waals surface area contributed by atoms with E-state index in [0.29, 0.717) is 6.04 Å². The van der Waals surface area contributed by atoms with E-state index in [1.54, 1.807) is 11.3 Å². The maximum Gasteiger partial charge on any atom is 0.0838 e. The number of nitrogens with zero attached hydrogens (tertiary/aromatic N) is 1. The first kappa shape index (κ1) is 13.3. The molecule has 1 atom stereocenters. The molecule has 2 aromatic carbocycles. The minimum absolute atomic E-state index is 0.323. The van der Waals surface area contributed by atoms with Gasteiger partial charge in [-0.2, -0.15) is 5.10 Å². The Morgan fingerprint density at radius 2 is 1.55 bits per heavy atom. The maximum absolute atomic E-state index is 4.52. The fourth-order valence-corrected chi connectivity index (χ4v) is 3.53. The number of hydrazone groups is 1. The van der Waals surface area contributed by atoms with E-state index in [1.807, 2.05) is 6.07 Å². The van der Waals surface area contributed by atoms with Crippen LogP contribution in [0.2, 0.25) is 0 Å². The average molecular weight is 304 g/mol. The SMILES string of the molecule is c1ccc(-c2ccc(C3=NNC(c4cccs4)C3)cc2)cc1. The highest BCUT2D eigenvalue weighted by Crippen LogP contribution is 2.28. The number of hydrogen-bond acceptors (Lipinski definition) is 3. The fourth-order valence-electron chi connectivity index (χ4n) is 2.76. The molecule has 0 saturated heterocycles. The number of benzene rings is 2. The Labute approximate surface area is 134 Å². The van der Waals surface area contributed by atoms with Gasteiger partial charge in [-0.05, 0) is 28.1 Å². The van der Waals surface area contributed by atoms with E-state index < -0.39 is 0 Å². The minimum Gasteiger partial charge on any atom is -0.301 e. The van der Waals surface area contributed by atoms with Crippen molar-refractivity contribution < 1.29 is 0 Å². The second-order valence-corrected chi connectivity index (χ2v) is 6.38. The van der Waals surface area contributed by atoms with Gasteiger partial charge in [0, 0.05) is 11.3 Å². The van der Waals surface area contributed by atoms with E-state index in [9.17, 15) is 0 Å². The standard InChI is InChI=1S/C19H16N2S/c1-2-5-14(6-3-1)15-8-10-16(11-9-15)17-13-18(21-20-17)19-7-4-12-22-19/h1-12,18,21H,13H2. The van der Waals surface area contributed by atoms with E-state index in [1.165, 1.54) is 21.6 Å². The predicted octanol–water partition coefficient (Wildman–Crippen LogP) is 4.85. The molecule has 2 nitrogen and oxygen atoms in total. The van der Waals surface area contributed by atoms with Crippen LogP contribution in [0, 0.1) is 0 Å². The minimum atomic E-state index is 0.323. The molecule has 22 heavy (non-hydrogen) atoms. The predicted molar refractivity (Wildman–Crippen MR) is 93.2 cm³/mol. The van der Waals surface area contributed by atoms with Gasteiger partial charge >= 0.3 is 0 Å². The van der Waals surface area contributed by atoms with E-state index in [-0.39, 0.29) is 0 Å². The van der Waals surface area contributed by atoms with Crippen molar-refractivity contribution in [1.29, 1.82) is 0 Å². The molecule has 0 aliphatic carbocycles. The van der Waals surface area contributed by atoms with Gasteiger partial charge in [0.15, 0.2) is 0 Å². The van der Waals surface area contributed by atoms with Crippen LogP contribution in [-0.4, -0.2) is 5.71 Å². The molecule has 1 aromatic heterocycles. The van der Waals surface area contributed by atoms with Gasteiger partial charge < -0.3 is 5.43 Å². The summed E-state index contributed by atoms with van der Waals surface area (Å²) in [5.41, 5.74) is 8.08. The molecule has 3 aromatic rings. The lowest BCUT2D eigenvalue weighted by Crippen LogP contribution is -2.07. The highest BCUT2D eigenvalue weighted by molar-refractivity contribution is 7.10. The monoisotopic (exact) mass is 304 g/mol. The Kier molecular flexibility index (Phi) is 3.49. The molecule has 1 aliphatic heterocycles. The molecule has 1 unspecified atom stereocenters. The van der Waals surface area contributed by atoms with E-state index in [4.69, 9.17) is 0 Å². The lowest BCUT2D eigenvalue weighted by molar-refractivity contribution is 0.630. The molecular weight excluding hydrogens is 288 g/mol. The Morgan fingerprint density at radius 1 is 0.818 bits per heavy atom. The number of nitrogens with one attached hydrogen (secondary N) is 1. The van der Waals surface area contributed by atoms with Gasteiger partial charge in [0.1, 0.15) is 0 Å². The summed E-state index contributed by atoms with van der Waals surface area (Å²) in [4.78, 5) is 1.35. The van der Waals surface area contributed by atoms with Gasteiger partial charge in [0.25, 0.3) is 0 Å². The second-order valence-electron chi connectivity index (χ2n) is 5.40. The van der Waals surface area contributed by atoms with Crippen molar-refractivity contribution in [3.05, 3.63) is 82.6 Å². The zero-order valence-electron chi connectivity index (χ0n) is 12.1. The van der Waals surface area contributed by atoms with Crippen LogP contribution in [0.3, 0.4) is 0 Å². The Balaban J connectivity index is 1.52. The molecule has 1 N–H and O–H groups in total. The lowest BCUT2D eigenvalue weighted by atomic mass is 9.99. The van der Waals surface area contributed by atoms with E-state index in [2.05, 4.69) is 76.6 Å². The molecule has 4 rings (SSSR count). The third kappa shape index (κ3) is 2.55. The zero-order valence-corrected chi connectivity index (χ0v) is 12.9. The number of hydrogen-bond donors (Lipinski definition) is 1. The van der Waals surface area contributed by atoms with Gasteiger partial charge in [-0.15, -0.1) is 11.3 Å². The summed E-state index contributed by atoms with van der Waals surface area (Å²) in [5.74, 6) is 0. The molecule has 3 heteroatoms. The fraction of sp³-hybridized carbons (Fsp3) is 0.105. The molecule has 0 radical (unpaired) electrons. The van der Waals surface area contributed by atoms with Crippen molar-refractivity contribution in [2.24, 2.45) is 5.10 Å².